The third-order valence-corrected chi connectivity index (χ3v) is 2.52. The van der Waals surface area contributed by atoms with Gasteiger partial charge in [0.1, 0.15) is 0 Å². The summed E-state index contributed by atoms with van der Waals surface area (Å²) in [7, 11) is 0. The van der Waals surface area contributed by atoms with Crippen LogP contribution in [0.2, 0.25) is 0 Å². The van der Waals surface area contributed by atoms with Gasteiger partial charge in [0.15, 0.2) is 4.32 Å². The van der Waals surface area contributed by atoms with Crippen LogP contribution < -0.4 is 0 Å². The topological polar surface area (TPSA) is 46.6 Å². The molecule has 0 aromatic rings. The Balaban J connectivity index is 2.56. The molecule has 1 aliphatic heterocycles. The summed E-state index contributed by atoms with van der Waals surface area (Å²) >= 11 is 5.97. The van der Waals surface area contributed by atoms with Crippen molar-refractivity contribution in [1.29, 1.82) is 0 Å². The van der Waals surface area contributed by atoms with Crippen LogP contribution in [0.5, 0.6) is 0 Å². The number of rotatable bonds is 2. The van der Waals surface area contributed by atoms with Crippen molar-refractivity contribution in [2.45, 2.75) is 13.3 Å². The monoisotopic (exact) mass is 205 g/mol. The van der Waals surface area contributed by atoms with Crippen molar-refractivity contribution in [2.24, 2.45) is 0 Å². The van der Waals surface area contributed by atoms with Crippen LogP contribution >= 0.6 is 24.0 Å². The SMILES string of the molecule is CCC(=O)ON1C(=O)CSC1=S. The summed E-state index contributed by atoms with van der Waals surface area (Å²) in [5, 5.41) is 0.881. The molecule has 1 aliphatic rings. The zero-order chi connectivity index (χ0) is 9.14. The molecule has 0 unspecified atom stereocenters. The molecule has 0 atom stereocenters. The van der Waals surface area contributed by atoms with Gasteiger partial charge in [0.2, 0.25) is 0 Å². The number of hydrogen-bond donors (Lipinski definition) is 0. The molecule has 0 bridgehead atoms. The zero-order valence-corrected chi connectivity index (χ0v) is 8.04. The summed E-state index contributed by atoms with van der Waals surface area (Å²) < 4.78 is 0.307. The number of nitrogens with zero attached hydrogens (tertiary/aromatic N) is 1. The van der Waals surface area contributed by atoms with Crippen molar-refractivity contribution >= 4 is 40.2 Å². The van der Waals surface area contributed by atoms with Gasteiger partial charge >= 0.3 is 5.97 Å². The van der Waals surface area contributed by atoms with Crippen molar-refractivity contribution in [1.82, 2.24) is 5.06 Å². The molecule has 1 fully saturated rings. The van der Waals surface area contributed by atoms with Crippen molar-refractivity contribution in [3.63, 3.8) is 0 Å². The lowest BCUT2D eigenvalue weighted by Gasteiger charge is -2.12. The lowest BCUT2D eigenvalue weighted by Crippen LogP contribution is -2.31. The Bertz CT molecular complexity index is 225. The minimum absolute atomic E-state index is 0.233. The molecular formula is C6H7NO3S2. The van der Waals surface area contributed by atoms with E-state index >= 15 is 0 Å². The van der Waals surface area contributed by atoms with Gasteiger partial charge in [-0.2, -0.15) is 0 Å². The Morgan fingerprint density at radius 1 is 1.83 bits per heavy atom. The molecule has 12 heavy (non-hydrogen) atoms. The number of hydrogen-bond acceptors (Lipinski definition) is 5. The van der Waals surface area contributed by atoms with Gasteiger partial charge in [-0.25, -0.2) is 4.79 Å². The van der Waals surface area contributed by atoms with Gasteiger partial charge in [0.05, 0.1) is 5.75 Å². The van der Waals surface area contributed by atoms with Crippen LogP contribution in [-0.4, -0.2) is 27.0 Å². The van der Waals surface area contributed by atoms with Gasteiger partial charge in [-0.15, -0.1) is 5.06 Å². The number of amides is 1. The van der Waals surface area contributed by atoms with Gasteiger partial charge in [0.25, 0.3) is 5.91 Å². The van der Waals surface area contributed by atoms with E-state index in [1.165, 1.54) is 11.8 Å². The number of thiocarbonyl (C=S) groups is 1. The highest BCUT2D eigenvalue weighted by Gasteiger charge is 2.30. The molecule has 0 aromatic heterocycles. The number of carbonyl (C=O) groups is 2. The van der Waals surface area contributed by atoms with Crippen LogP contribution in [0.25, 0.3) is 0 Å². The van der Waals surface area contributed by atoms with E-state index in [0.29, 0.717) is 4.32 Å². The van der Waals surface area contributed by atoms with Crippen LogP contribution in [0.3, 0.4) is 0 Å². The van der Waals surface area contributed by atoms with Crippen LogP contribution in [0, 0.1) is 0 Å². The number of hydroxylamine groups is 2. The molecule has 0 aliphatic carbocycles. The second-order valence-corrected chi connectivity index (χ2v) is 3.67. The first-order valence-electron chi connectivity index (χ1n) is 3.35. The molecule has 0 N–H and O–H groups in total. The highest BCUT2D eigenvalue weighted by Crippen LogP contribution is 2.19. The van der Waals surface area contributed by atoms with Crippen LogP contribution in [0.4, 0.5) is 0 Å². The highest BCUT2D eigenvalue weighted by molar-refractivity contribution is 8.23. The van der Waals surface area contributed by atoms with E-state index in [1.54, 1.807) is 6.92 Å². The molecule has 0 saturated carbocycles. The predicted octanol–water partition coefficient (Wildman–Crippen LogP) is 0.715. The fourth-order valence-corrected chi connectivity index (χ4v) is 1.53. The fourth-order valence-electron chi connectivity index (χ4n) is 0.597. The largest absolute Gasteiger partial charge is 0.332 e. The van der Waals surface area contributed by atoms with E-state index in [2.05, 4.69) is 4.84 Å². The first-order valence-corrected chi connectivity index (χ1v) is 4.75. The van der Waals surface area contributed by atoms with Crippen LogP contribution in [0.1, 0.15) is 13.3 Å². The minimum Gasteiger partial charge on any atom is -0.332 e. The molecule has 1 rings (SSSR count). The lowest BCUT2D eigenvalue weighted by molar-refractivity contribution is -0.179. The Morgan fingerprint density at radius 2 is 2.50 bits per heavy atom. The van der Waals surface area contributed by atoms with Gasteiger partial charge in [-0.1, -0.05) is 18.7 Å². The summed E-state index contributed by atoms with van der Waals surface area (Å²) in [6.07, 6.45) is 0.233. The summed E-state index contributed by atoms with van der Waals surface area (Å²) in [5.41, 5.74) is 0. The summed E-state index contributed by atoms with van der Waals surface area (Å²) in [6, 6.07) is 0. The molecule has 1 saturated heterocycles. The van der Waals surface area contributed by atoms with E-state index < -0.39 is 5.97 Å². The van der Waals surface area contributed by atoms with Gasteiger partial charge in [-0.3, -0.25) is 4.79 Å². The second-order valence-electron chi connectivity index (χ2n) is 2.06. The molecule has 0 aromatic carbocycles. The molecular weight excluding hydrogens is 198 g/mol. The first kappa shape index (κ1) is 9.47. The molecule has 1 amide bonds. The summed E-state index contributed by atoms with van der Waals surface area (Å²) in [5.74, 6) is -0.462. The molecule has 0 spiro atoms. The third kappa shape index (κ3) is 1.95. The second kappa shape index (κ2) is 3.86. The van der Waals surface area contributed by atoms with Crippen molar-refractivity contribution in [2.75, 3.05) is 5.75 Å². The molecule has 4 nitrogen and oxygen atoms in total. The third-order valence-electron chi connectivity index (χ3n) is 1.19. The molecule has 66 valence electrons. The highest BCUT2D eigenvalue weighted by atomic mass is 32.2. The van der Waals surface area contributed by atoms with Crippen molar-refractivity contribution in [3.05, 3.63) is 0 Å². The standard InChI is InChI=1S/C6H7NO3S2/c1-2-5(9)10-7-4(8)3-12-6(7)11/h2-3H2,1H3. The normalized spacial score (nSPS) is 16.9. The van der Waals surface area contributed by atoms with E-state index in [-0.39, 0.29) is 18.1 Å². The Morgan fingerprint density at radius 3 is 2.92 bits per heavy atom. The maximum absolute atomic E-state index is 11.0. The maximum Gasteiger partial charge on any atom is 0.332 e. The van der Waals surface area contributed by atoms with Gasteiger partial charge < -0.3 is 4.84 Å². The van der Waals surface area contributed by atoms with Crippen LogP contribution in [0.15, 0.2) is 0 Å². The van der Waals surface area contributed by atoms with Gasteiger partial charge in [0, 0.05) is 6.42 Å². The van der Waals surface area contributed by atoms with E-state index in [9.17, 15) is 9.59 Å². The van der Waals surface area contributed by atoms with Crippen molar-refractivity contribution in [3.8, 4) is 0 Å². The Labute approximate surface area is 79.2 Å². The molecule has 0 radical (unpaired) electrons. The smallest absolute Gasteiger partial charge is 0.332 e. The van der Waals surface area contributed by atoms with Crippen molar-refractivity contribution < 1.29 is 14.4 Å². The average Bonchev–Trinajstić information content (AvgIpc) is 2.35. The number of carbonyl (C=O) groups excluding carboxylic acids is 2. The number of thioether (sulfide) groups is 1. The fraction of sp³-hybridized carbons (Fsp3) is 0.500. The Hall–Kier alpha value is -0.620. The van der Waals surface area contributed by atoms with E-state index in [0.717, 1.165) is 5.06 Å². The van der Waals surface area contributed by atoms with E-state index in [4.69, 9.17) is 12.2 Å². The quantitative estimate of drug-likeness (QED) is 0.621. The van der Waals surface area contributed by atoms with Gasteiger partial charge in [-0.05, 0) is 12.2 Å². The van der Waals surface area contributed by atoms with E-state index in [1.807, 2.05) is 0 Å². The molecule has 1 heterocycles. The Kier molecular flexibility index (Phi) is 3.05. The summed E-state index contributed by atoms with van der Waals surface area (Å²) in [4.78, 5) is 26.4. The predicted molar refractivity (Wildman–Crippen MR) is 48.3 cm³/mol. The first-order chi connectivity index (χ1) is 5.65. The summed E-state index contributed by atoms with van der Waals surface area (Å²) in [6.45, 7) is 1.65. The minimum atomic E-state index is -0.451. The van der Waals surface area contributed by atoms with Crippen LogP contribution in [-0.2, 0) is 14.4 Å². The lowest BCUT2D eigenvalue weighted by atomic mass is 10.5. The molecule has 6 heteroatoms. The average molecular weight is 205 g/mol. The zero-order valence-electron chi connectivity index (χ0n) is 6.40. The maximum atomic E-state index is 11.0.